The molecule has 1 heterocycles. The first-order valence-electron chi connectivity index (χ1n) is 7.35. The van der Waals surface area contributed by atoms with Crippen LogP contribution >= 0.6 is 0 Å². The first-order valence-corrected chi connectivity index (χ1v) is 7.35. The molecular formula is C14H23F3N2O. The summed E-state index contributed by atoms with van der Waals surface area (Å²) in [4.78, 5) is 13.5. The molecule has 1 saturated carbocycles. The largest absolute Gasteiger partial charge is 0.391 e. The number of likely N-dealkylation sites (tertiary alicyclic amines) is 1. The Hall–Kier alpha value is -0.780. The normalized spacial score (nSPS) is 36.2. The van der Waals surface area contributed by atoms with Crippen LogP contribution in [-0.4, -0.2) is 36.6 Å². The van der Waals surface area contributed by atoms with Crippen LogP contribution in [-0.2, 0) is 4.79 Å². The van der Waals surface area contributed by atoms with Crippen LogP contribution in [0.3, 0.4) is 0 Å². The van der Waals surface area contributed by atoms with E-state index in [0.29, 0.717) is 25.3 Å². The lowest BCUT2D eigenvalue weighted by Gasteiger charge is -2.32. The van der Waals surface area contributed by atoms with E-state index in [1.807, 2.05) is 6.92 Å². The molecule has 0 bridgehead atoms. The Labute approximate surface area is 117 Å². The first-order chi connectivity index (χ1) is 9.27. The standard InChI is InChI=1S/C14H23F3N2O/c1-9-6-19(8-12(9)13(18)20)7-10-2-4-11(5-3-10)14(15,16)17/h9-12H,2-8H2,1H3,(H2,18,20)/t9-,10?,11?,12-/m1/s1. The molecule has 116 valence electrons. The minimum Gasteiger partial charge on any atom is -0.369 e. The van der Waals surface area contributed by atoms with Crippen molar-refractivity contribution in [2.24, 2.45) is 29.4 Å². The molecule has 0 aromatic heterocycles. The molecule has 6 heteroatoms. The fourth-order valence-corrected chi connectivity index (χ4v) is 3.62. The number of nitrogens with two attached hydrogens (primary N) is 1. The Morgan fingerprint density at radius 1 is 1.20 bits per heavy atom. The van der Waals surface area contributed by atoms with E-state index in [0.717, 1.165) is 13.1 Å². The second-order valence-corrected chi connectivity index (χ2v) is 6.46. The highest BCUT2D eigenvalue weighted by Crippen LogP contribution is 2.40. The third-order valence-corrected chi connectivity index (χ3v) is 4.88. The highest BCUT2D eigenvalue weighted by molar-refractivity contribution is 5.77. The van der Waals surface area contributed by atoms with Crippen molar-refractivity contribution in [2.45, 2.75) is 38.8 Å². The van der Waals surface area contributed by atoms with Gasteiger partial charge in [-0.2, -0.15) is 13.2 Å². The van der Waals surface area contributed by atoms with Crippen LogP contribution in [0, 0.1) is 23.7 Å². The number of rotatable bonds is 3. The van der Waals surface area contributed by atoms with Gasteiger partial charge in [0.25, 0.3) is 0 Å². The van der Waals surface area contributed by atoms with Gasteiger partial charge in [-0.25, -0.2) is 0 Å². The van der Waals surface area contributed by atoms with Gasteiger partial charge in [0.15, 0.2) is 0 Å². The van der Waals surface area contributed by atoms with Gasteiger partial charge < -0.3 is 10.6 Å². The summed E-state index contributed by atoms with van der Waals surface area (Å²) >= 11 is 0. The highest BCUT2D eigenvalue weighted by atomic mass is 19.4. The van der Waals surface area contributed by atoms with E-state index in [2.05, 4.69) is 4.90 Å². The molecule has 1 saturated heterocycles. The number of nitrogens with zero attached hydrogens (tertiary/aromatic N) is 1. The van der Waals surface area contributed by atoms with Crippen molar-refractivity contribution in [1.82, 2.24) is 4.90 Å². The number of hydrogen-bond acceptors (Lipinski definition) is 2. The number of carbonyl (C=O) groups is 1. The third-order valence-electron chi connectivity index (χ3n) is 4.88. The van der Waals surface area contributed by atoms with Crippen LogP contribution < -0.4 is 5.73 Å². The summed E-state index contributed by atoms with van der Waals surface area (Å²) in [7, 11) is 0. The molecule has 1 aliphatic carbocycles. The van der Waals surface area contributed by atoms with Crippen molar-refractivity contribution in [2.75, 3.05) is 19.6 Å². The van der Waals surface area contributed by atoms with Gasteiger partial charge in [0.1, 0.15) is 0 Å². The van der Waals surface area contributed by atoms with Gasteiger partial charge in [-0.3, -0.25) is 4.79 Å². The smallest absolute Gasteiger partial charge is 0.369 e. The summed E-state index contributed by atoms with van der Waals surface area (Å²) in [6.45, 7) is 4.30. The number of carbonyl (C=O) groups excluding carboxylic acids is 1. The van der Waals surface area contributed by atoms with Crippen LogP contribution in [0.1, 0.15) is 32.6 Å². The zero-order chi connectivity index (χ0) is 14.9. The molecule has 0 radical (unpaired) electrons. The predicted molar refractivity (Wildman–Crippen MR) is 69.8 cm³/mol. The molecule has 2 fully saturated rings. The molecule has 2 aliphatic rings. The lowest BCUT2D eigenvalue weighted by molar-refractivity contribution is -0.184. The topological polar surface area (TPSA) is 46.3 Å². The van der Waals surface area contributed by atoms with Crippen molar-refractivity contribution >= 4 is 5.91 Å². The SMILES string of the molecule is C[C@@H]1CN(CC2CCC(C(F)(F)F)CC2)C[C@H]1C(N)=O. The van der Waals surface area contributed by atoms with E-state index >= 15 is 0 Å². The average Bonchev–Trinajstić information content (AvgIpc) is 2.70. The summed E-state index contributed by atoms with van der Waals surface area (Å²) in [5, 5.41) is 0. The van der Waals surface area contributed by atoms with Gasteiger partial charge in [-0.1, -0.05) is 6.92 Å². The van der Waals surface area contributed by atoms with Crippen molar-refractivity contribution in [3.8, 4) is 0 Å². The third kappa shape index (κ3) is 3.65. The molecule has 20 heavy (non-hydrogen) atoms. The molecule has 2 N–H and O–H groups in total. The summed E-state index contributed by atoms with van der Waals surface area (Å²) in [5.74, 6) is -0.914. The molecule has 0 spiro atoms. The average molecular weight is 292 g/mol. The molecule has 2 atom stereocenters. The van der Waals surface area contributed by atoms with E-state index in [1.165, 1.54) is 0 Å². The van der Waals surface area contributed by atoms with E-state index in [9.17, 15) is 18.0 Å². The quantitative estimate of drug-likeness (QED) is 0.868. The zero-order valence-electron chi connectivity index (χ0n) is 11.8. The fourth-order valence-electron chi connectivity index (χ4n) is 3.62. The van der Waals surface area contributed by atoms with Gasteiger partial charge in [-0.05, 0) is 37.5 Å². The summed E-state index contributed by atoms with van der Waals surface area (Å²) in [6.07, 6.45) is -2.27. The Morgan fingerprint density at radius 3 is 2.25 bits per heavy atom. The van der Waals surface area contributed by atoms with E-state index in [1.54, 1.807) is 0 Å². The maximum atomic E-state index is 12.6. The molecule has 1 amide bonds. The molecule has 0 aromatic carbocycles. The number of alkyl halides is 3. The van der Waals surface area contributed by atoms with Crippen LogP contribution in [0.5, 0.6) is 0 Å². The van der Waals surface area contributed by atoms with E-state index in [4.69, 9.17) is 5.73 Å². The van der Waals surface area contributed by atoms with Gasteiger partial charge in [0.2, 0.25) is 5.91 Å². The summed E-state index contributed by atoms with van der Waals surface area (Å²) < 4.78 is 37.8. The second-order valence-electron chi connectivity index (χ2n) is 6.46. The Morgan fingerprint density at radius 2 is 1.80 bits per heavy atom. The van der Waals surface area contributed by atoms with Crippen LogP contribution in [0.2, 0.25) is 0 Å². The molecule has 0 aromatic rings. The van der Waals surface area contributed by atoms with Crippen molar-refractivity contribution in [3.05, 3.63) is 0 Å². The van der Waals surface area contributed by atoms with E-state index in [-0.39, 0.29) is 30.6 Å². The van der Waals surface area contributed by atoms with Crippen molar-refractivity contribution in [1.29, 1.82) is 0 Å². The summed E-state index contributed by atoms with van der Waals surface area (Å²) in [5.41, 5.74) is 5.36. The number of halogens is 3. The zero-order valence-corrected chi connectivity index (χ0v) is 11.8. The molecule has 2 rings (SSSR count). The van der Waals surface area contributed by atoms with Gasteiger partial charge >= 0.3 is 6.18 Å². The molecular weight excluding hydrogens is 269 g/mol. The Balaban J connectivity index is 1.78. The van der Waals surface area contributed by atoms with Crippen molar-refractivity contribution < 1.29 is 18.0 Å². The Kier molecular flexibility index (Phi) is 4.62. The minimum absolute atomic E-state index is 0.110. The number of primary amides is 1. The monoisotopic (exact) mass is 292 g/mol. The van der Waals surface area contributed by atoms with Gasteiger partial charge in [0, 0.05) is 19.6 Å². The van der Waals surface area contributed by atoms with E-state index < -0.39 is 12.1 Å². The maximum absolute atomic E-state index is 12.6. The van der Waals surface area contributed by atoms with Crippen LogP contribution in [0.25, 0.3) is 0 Å². The van der Waals surface area contributed by atoms with Gasteiger partial charge in [-0.15, -0.1) is 0 Å². The maximum Gasteiger partial charge on any atom is 0.391 e. The minimum atomic E-state index is -4.04. The highest BCUT2D eigenvalue weighted by Gasteiger charge is 2.42. The lowest BCUT2D eigenvalue weighted by atomic mass is 9.81. The fraction of sp³-hybridized carbons (Fsp3) is 0.929. The number of hydrogen-bond donors (Lipinski definition) is 1. The van der Waals surface area contributed by atoms with Gasteiger partial charge in [0.05, 0.1) is 11.8 Å². The number of amides is 1. The van der Waals surface area contributed by atoms with Crippen LogP contribution in [0.4, 0.5) is 13.2 Å². The molecule has 3 nitrogen and oxygen atoms in total. The molecule has 0 unspecified atom stereocenters. The van der Waals surface area contributed by atoms with Crippen molar-refractivity contribution in [3.63, 3.8) is 0 Å². The predicted octanol–water partition coefficient (Wildman–Crippen LogP) is 2.41. The second kappa shape index (κ2) is 5.92. The van der Waals surface area contributed by atoms with Crippen LogP contribution in [0.15, 0.2) is 0 Å². The Bertz CT molecular complexity index is 351. The lowest BCUT2D eigenvalue weighted by Crippen LogP contribution is -2.34. The summed E-state index contributed by atoms with van der Waals surface area (Å²) in [6, 6.07) is 0. The first kappa shape index (κ1) is 15.6. The molecule has 1 aliphatic heterocycles.